The Balaban J connectivity index is 1.73. The second-order valence-corrected chi connectivity index (χ2v) is 6.24. The van der Waals surface area contributed by atoms with Crippen molar-refractivity contribution >= 4 is 5.78 Å². The number of aryl methyl sites for hydroxylation is 1. The summed E-state index contributed by atoms with van der Waals surface area (Å²) in [6.45, 7) is 5.82. The molecule has 1 aliphatic heterocycles. The second kappa shape index (κ2) is 6.29. The van der Waals surface area contributed by atoms with Crippen molar-refractivity contribution in [3.05, 3.63) is 35.4 Å². The lowest BCUT2D eigenvalue weighted by atomic mass is 9.99. The van der Waals surface area contributed by atoms with Crippen LogP contribution in [0.5, 0.6) is 0 Å². The predicted octanol–water partition coefficient (Wildman–Crippen LogP) is 3.07. The van der Waals surface area contributed by atoms with Crippen molar-refractivity contribution in [1.29, 1.82) is 0 Å². The summed E-state index contributed by atoms with van der Waals surface area (Å²) in [7, 11) is 0. The van der Waals surface area contributed by atoms with E-state index in [1.165, 1.54) is 12.0 Å². The Morgan fingerprint density at radius 1 is 1.33 bits per heavy atom. The summed E-state index contributed by atoms with van der Waals surface area (Å²) < 4.78 is 5.85. The lowest BCUT2D eigenvalue weighted by molar-refractivity contribution is -0.0643. The highest BCUT2D eigenvalue weighted by molar-refractivity contribution is 5.99. The molecular formula is C18H25NO2. The standard InChI is InChI=1S/C18H25NO2/c1-3-14-7-9-15(10-8-14)18(20)13(2)19-11-12-21-17-6-4-5-16(17)19/h7-10,13,16-17H,3-6,11-12H2,1-2H3. The number of carbonyl (C=O) groups is 1. The summed E-state index contributed by atoms with van der Waals surface area (Å²) in [5, 5.41) is 0. The molecule has 0 amide bonds. The van der Waals surface area contributed by atoms with Gasteiger partial charge in [0.1, 0.15) is 0 Å². The molecule has 3 unspecified atom stereocenters. The predicted molar refractivity (Wildman–Crippen MR) is 83.7 cm³/mol. The van der Waals surface area contributed by atoms with Crippen LogP contribution in [0.15, 0.2) is 24.3 Å². The summed E-state index contributed by atoms with van der Waals surface area (Å²) in [6, 6.07) is 8.48. The van der Waals surface area contributed by atoms with Gasteiger partial charge >= 0.3 is 0 Å². The Bertz CT molecular complexity index is 496. The maximum absolute atomic E-state index is 12.7. The molecule has 1 aromatic carbocycles. The molecule has 114 valence electrons. The van der Waals surface area contributed by atoms with Gasteiger partial charge in [-0.05, 0) is 38.2 Å². The fourth-order valence-corrected chi connectivity index (χ4v) is 3.73. The summed E-state index contributed by atoms with van der Waals surface area (Å²) in [4.78, 5) is 15.1. The van der Waals surface area contributed by atoms with Crippen molar-refractivity contribution in [2.24, 2.45) is 0 Å². The van der Waals surface area contributed by atoms with Crippen molar-refractivity contribution in [3.63, 3.8) is 0 Å². The molecule has 0 spiro atoms. The number of carbonyl (C=O) groups excluding carboxylic acids is 1. The fourth-order valence-electron chi connectivity index (χ4n) is 3.73. The molecule has 1 saturated heterocycles. The first-order valence-electron chi connectivity index (χ1n) is 8.21. The molecule has 1 aliphatic carbocycles. The lowest BCUT2D eigenvalue weighted by Crippen LogP contribution is -2.54. The van der Waals surface area contributed by atoms with Gasteiger partial charge in [-0.2, -0.15) is 0 Å². The molecule has 0 N–H and O–H groups in total. The maximum atomic E-state index is 12.7. The number of ether oxygens (including phenoxy) is 1. The highest BCUT2D eigenvalue weighted by Gasteiger charge is 2.39. The van der Waals surface area contributed by atoms with Gasteiger partial charge in [-0.25, -0.2) is 0 Å². The maximum Gasteiger partial charge on any atom is 0.179 e. The van der Waals surface area contributed by atoms with E-state index < -0.39 is 0 Å². The minimum atomic E-state index is -0.0491. The molecule has 3 heteroatoms. The van der Waals surface area contributed by atoms with Crippen molar-refractivity contribution in [3.8, 4) is 0 Å². The van der Waals surface area contributed by atoms with Crippen molar-refractivity contribution in [2.75, 3.05) is 13.2 Å². The van der Waals surface area contributed by atoms with Crippen LogP contribution in [0.4, 0.5) is 0 Å². The third-order valence-electron chi connectivity index (χ3n) is 5.05. The zero-order valence-corrected chi connectivity index (χ0v) is 13.0. The average Bonchev–Trinajstić information content (AvgIpc) is 3.02. The van der Waals surface area contributed by atoms with Gasteiger partial charge in [-0.3, -0.25) is 9.69 Å². The van der Waals surface area contributed by atoms with E-state index in [0.717, 1.165) is 38.0 Å². The molecule has 3 rings (SSSR count). The SMILES string of the molecule is CCc1ccc(C(=O)C(C)N2CCOC3CCCC32)cc1. The number of fused-ring (bicyclic) bond motifs is 1. The van der Waals surface area contributed by atoms with Crippen LogP contribution >= 0.6 is 0 Å². The largest absolute Gasteiger partial charge is 0.375 e. The van der Waals surface area contributed by atoms with Gasteiger partial charge in [0.2, 0.25) is 0 Å². The molecule has 1 heterocycles. The smallest absolute Gasteiger partial charge is 0.179 e. The summed E-state index contributed by atoms with van der Waals surface area (Å²) in [6.07, 6.45) is 4.89. The van der Waals surface area contributed by atoms with Crippen LogP contribution < -0.4 is 0 Å². The topological polar surface area (TPSA) is 29.5 Å². The molecule has 0 aromatic heterocycles. The normalized spacial score (nSPS) is 27.3. The zero-order valence-electron chi connectivity index (χ0n) is 13.0. The number of morpholine rings is 1. The van der Waals surface area contributed by atoms with Crippen molar-refractivity contribution in [2.45, 2.75) is 57.7 Å². The molecular weight excluding hydrogens is 262 g/mol. The van der Waals surface area contributed by atoms with Gasteiger partial charge < -0.3 is 4.74 Å². The van der Waals surface area contributed by atoms with E-state index in [9.17, 15) is 4.79 Å². The van der Waals surface area contributed by atoms with Crippen LogP contribution in [-0.4, -0.2) is 42.0 Å². The number of hydrogen-bond acceptors (Lipinski definition) is 3. The molecule has 3 nitrogen and oxygen atoms in total. The Kier molecular flexibility index (Phi) is 4.41. The number of Topliss-reactive ketones (excluding diaryl/α,β-unsaturated/α-hetero) is 1. The summed E-state index contributed by atoms with van der Waals surface area (Å²) >= 11 is 0. The third kappa shape index (κ3) is 2.90. The summed E-state index contributed by atoms with van der Waals surface area (Å²) in [5.41, 5.74) is 2.11. The van der Waals surface area contributed by atoms with Crippen molar-refractivity contribution < 1.29 is 9.53 Å². The third-order valence-corrected chi connectivity index (χ3v) is 5.05. The van der Waals surface area contributed by atoms with Gasteiger partial charge in [0.15, 0.2) is 5.78 Å². The van der Waals surface area contributed by atoms with Gasteiger partial charge in [-0.15, -0.1) is 0 Å². The minimum absolute atomic E-state index is 0.0491. The monoisotopic (exact) mass is 287 g/mol. The molecule has 1 saturated carbocycles. The van der Waals surface area contributed by atoms with E-state index in [2.05, 4.69) is 30.9 Å². The fraction of sp³-hybridized carbons (Fsp3) is 0.611. The molecule has 2 fully saturated rings. The average molecular weight is 287 g/mol. The summed E-state index contributed by atoms with van der Waals surface area (Å²) in [5.74, 6) is 0.241. The van der Waals surface area contributed by atoms with E-state index in [0.29, 0.717) is 12.1 Å². The molecule has 21 heavy (non-hydrogen) atoms. The van der Waals surface area contributed by atoms with Crippen LogP contribution in [0.25, 0.3) is 0 Å². The number of nitrogens with zero attached hydrogens (tertiary/aromatic N) is 1. The Labute approximate surface area is 127 Å². The second-order valence-electron chi connectivity index (χ2n) is 6.24. The molecule has 2 aliphatic rings. The first-order valence-corrected chi connectivity index (χ1v) is 8.21. The molecule has 0 radical (unpaired) electrons. The Hall–Kier alpha value is -1.19. The van der Waals surface area contributed by atoms with Crippen LogP contribution in [0, 0.1) is 0 Å². The van der Waals surface area contributed by atoms with E-state index in [1.807, 2.05) is 12.1 Å². The first kappa shape index (κ1) is 14.7. The van der Waals surface area contributed by atoms with E-state index in [4.69, 9.17) is 4.74 Å². The van der Waals surface area contributed by atoms with Gasteiger partial charge in [0, 0.05) is 18.2 Å². The van der Waals surface area contributed by atoms with E-state index in [-0.39, 0.29) is 11.8 Å². The van der Waals surface area contributed by atoms with E-state index >= 15 is 0 Å². The van der Waals surface area contributed by atoms with Crippen LogP contribution in [0.1, 0.15) is 49.0 Å². The molecule has 3 atom stereocenters. The Morgan fingerprint density at radius 3 is 2.81 bits per heavy atom. The van der Waals surface area contributed by atoms with E-state index in [1.54, 1.807) is 0 Å². The lowest BCUT2D eigenvalue weighted by Gasteiger charge is -2.40. The zero-order chi connectivity index (χ0) is 14.8. The van der Waals surface area contributed by atoms with Crippen LogP contribution in [0.2, 0.25) is 0 Å². The quantitative estimate of drug-likeness (QED) is 0.797. The van der Waals surface area contributed by atoms with Gasteiger partial charge in [0.25, 0.3) is 0 Å². The number of benzene rings is 1. The molecule has 1 aromatic rings. The van der Waals surface area contributed by atoms with Gasteiger partial charge in [0.05, 0.1) is 18.8 Å². The number of rotatable bonds is 4. The highest BCUT2D eigenvalue weighted by Crippen LogP contribution is 2.31. The van der Waals surface area contributed by atoms with Crippen molar-refractivity contribution in [1.82, 2.24) is 4.90 Å². The van der Waals surface area contributed by atoms with Gasteiger partial charge in [-0.1, -0.05) is 31.2 Å². The minimum Gasteiger partial charge on any atom is -0.375 e. The van der Waals surface area contributed by atoms with Crippen LogP contribution in [-0.2, 0) is 11.2 Å². The molecule has 0 bridgehead atoms. The number of hydrogen-bond donors (Lipinski definition) is 0. The number of ketones is 1. The Morgan fingerprint density at radius 2 is 2.10 bits per heavy atom. The van der Waals surface area contributed by atoms with Crippen LogP contribution in [0.3, 0.4) is 0 Å². The first-order chi connectivity index (χ1) is 10.2. The highest BCUT2D eigenvalue weighted by atomic mass is 16.5.